The van der Waals surface area contributed by atoms with E-state index in [1.807, 2.05) is 0 Å². The standard InChI is InChI=1S/C19H13F3N6O3/c1-10(29)23-11-4-6-12(7-5-11)24-17(30)16-26-18-25-13(14-3-2-8-31-14)9-15(19(20,21)22)28(18)27-16/h2-9H,1H3,(H,23,29)(H,24,30). The van der Waals surface area contributed by atoms with Crippen LogP contribution in [-0.2, 0) is 11.0 Å². The fourth-order valence-corrected chi connectivity index (χ4v) is 2.74. The highest BCUT2D eigenvalue weighted by Crippen LogP contribution is 2.32. The molecule has 0 aliphatic heterocycles. The second kappa shape index (κ2) is 7.55. The molecule has 4 rings (SSSR count). The molecule has 0 unspecified atom stereocenters. The molecule has 0 aliphatic rings. The van der Waals surface area contributed by atoms with Crippen molar-refractivity contribution in [2.45, 2.75) is 13.1 Å². The van der Waals surface area contributed by atoms with Crippen LogP contribution in [0.15, 0.2) is 53.1 Å². The summed E-state index contributed by atoms with van der Waals surface area (Å²) in [6.07, 6.45) is -3.47. The Hall–Kier alpha value is -4.22. The molecule has 1 aromatic carbocycles. The molecule has 0 aliphatic carbocycles. The highest BCUT2D eigenvalue weighted by molar-refractivity contribution is 6.02. The van der Waals surface area contributed by atoms with Crippen LogP contribution in [0.1, 0.15) is 23.2 Å². The number of carbonyl (C=O) groups excluding carboxylic acids is 2. The first-order valence-corrected chi connectivity index (χ1v) is 8.78. The number of nitrogens with one attached hydrogen (secondary N) is 2. The lowest BCUT2D eigenvalue weighted by molar-refractivity contribution is -0.142. The number of halogens is 3. The molecule has 0 saturated carbocycles. The van der Waals surface area contributed by atoms with Crippen LogP contribution in [0.4, 0.5) is 24.5 Å². The number of anilines is 2. The molecular formula is C19H13F3N6O3. The highest BCUT2D eigenvalue weighted by Gasteiger charge is 2.36. The van der Waals surface area contributed by atoms with E-state index in [0.29, 0.717) is 15.9 Å². The van der Waals surface area contributed by atoms with Gasteiger partial charge in [-0.3, -0.25) is 9.59 Å². The van der Waals surface area contributed by atoms with Gasteiger partial charge in [0.05, 0.1) is 6.26 Å². The summed E-state index contributed by atoms with van der Waals surface area (Å²) in [5.41, 5.74) is -0.410. The fraction of sp³-hybridized carbons (Fsp3) is 0.105. The van der Waals surface area contributed by atoms with Crippen molar-refractivity contribution in [1.29, 1.82) is 0 Å². The second-order valence-corrected chi connectivity index (χ2v) is 6.36. The quantitative estimate of drug-likeness (QED) is 0.511. The van der Waals surface area contributed by atoms with E-state index >= 15 is 0 Å². The lowest BCUT2D eigenvalue weighted by atomic mass is 10.2. The number of benzene rings is 1. The molecule has 158 valence electrons. The smallest absolute Gasteiger partial charge is 0.433 e. The number of nitrogens with zero attached hydrogens (tertiary/aromatic N) is 4. The topological polar surface area (TPSA) is 114 Å². The molecule has 2 N–H and O–H groups in total. The summed E-state index contributed by atoms with van der Waals surface area (Å²) in [5, 5.41) is 8.73. The van der Waals surface area contributed by atoms with E-state index in [1.54, 1.807) is 12.1 Å². The lowest BCUT2D eigenvalue weighted by Gasteiger charge is -2.09. The van der Waals surface area contributed by atoms with Crippen LogP contribution in [0.2, 0.25) is 0 Å². The Morgan fingerprint density at radius 1 is 1.03 bits per heavy atom. The van der Waals surface area contributed by atoms with E-state index in [0.717, 1.165) is 6.07 Å². The van der Waals surface area contributed by atoms with Gasteiger partial charge in [-0.1, -0.05) is 0 Å². The van der Waals surface area contributed by atoms with Crippen molar-refractivity contribution in [1.82, 2.24) is 19.6 Å². The number of furan rings is 1. The van der Waals surface area contributed by atoms with Gasteiger partial charge in [0.25, 0.3) is 11.7 Å². The molecule has 2 amide bonds. The molecule has 0 radical (unpaired) electrons. The molecule has 0 bridgehead atoms. The Balaban J connectivity index is 1.66. The van der Waals surface area contributed by atoms with Crippen LogP contribution in [0, 0.1) is 0 Å². The van der Waals surface area contributed by atoms with Crippen LogP contribution in [0.25, 0.3) is 17.2 Å². The molecule has 0 spiro atoms. The minimum atomic E-state index is -4.77. The fourth-order valence-electron chi connectivity index (χ4n) is 2.74. The van der Waals surface area contributed by atoms with Gasteiger partial charge < -0.3 is 15.1 Å². The minimum Gasteiger partial charge on any atom is -0.463 e. The number of carbonyl (C=O) groups is 2. The number of aromatic nitrogens is 4. The number of amides is 2. The Morgan fingerprint density at radius 2 is 1.71 bits per heavy atom. The summed E-state index contributed by atoms with van der Waals surface area (Å²) >= 11 is 0. The third kappa shape index (κ3) is 4.22. The van der Waals surface area contributed by atoms with Gasteiger partial charge in [-0.2, -0.15) is 22.7 Å². The number of alkyl halides is 3. The predicted molar refractivity (Wildman–Crippen MR) is 102 cm³/mol. The van der Waals surface area contributed by atoms with Gasteiger partial charge in [-0.05, 0) is 42.5 Å². The molecule has 0 fully saturated rings. The zero-order valence-corrected chi connectivity index (χ0v) is 15.8. The van der Waals surface area contributed by atoms with Crippen molar-refractivity contribution in [3.8, 4) is 11.5 Å². The van der Waals surface area contributed by atoms with Gasteiger partial charge in [-0.25, -0.2) is 4.98 Å². The number of hydrogen-bond donors (Lipinski definition) is 2. The van der Waals surface area contributed by atoms with Gasteiger partial charge >= 0.3 is 6.18 Å². The number of rotatable bonds is 4. The summed E-state index contributed by atoms with van der Waals surface area (Å²) in [5.74, 6) is -1.88. The zero-order valence-electron chi connectivity index (χ0n) is 15.8. The van der Waals surface area contributed by atoms with E-state index in [9.17, 15) is 22.8 Å². The van der Waals surface area contributed by atoms with E-state index in [2.05, 4.69) is 25.7 Å². The average molecular weight is 430 g/mol. The molecule has 3 heterocycles. The molecule has 3 aromatic heterocycles. The molecule has 12 heteroatoms. The van der Waals surface area contributed by atoms with Gasteiger partial charge in [0.15, 0.2) is 11.5 Å². The maximum absolute atomic E-state index is 13.5. The van der Waals surface area contributed by atoms with Crippen LogP contribution in [0.5, 0.6) is 0 Å². The first kappa shape index (κ1) is 20.1. The van der Waals surface area contributed by atoms with E-state index in [4.69, 9.17) is 4.42 Å². The van der Waals surface area contributed by atoms with Crippen molar-refractivity contribution in [3.63, 3.8) is 0 Å². The van der Waals surface area contributed by atoms with Crippen molar-refractivity contribution in [3.05, 3.63) is 60.2 Å². The van der Waals surface area contributed by atoms with E-state index in [1.165, 1.54) is 37.5 Å². The number of hydrogen-bond acceptors (Lipinski definition) is 6. The van der Waals surface area contributed by atoms with Gasteiger partial charge in [-0.15, -0.1) is 5.10 Å². The molecule has 0 saturated heterocycles. The average Bonchev–Trinajstić information content (AvgIpc) is 3.37. The Morgan fingerprint density at radius 3 is 2.29 bits per heavy atom. The summed E-state index contributed by atoms with van der Waals surface area (Å²) in [7, 11) is 0. The minimum absolute atomic E-state index is 0.0993. The maximum Gasteiger partial charge on any atom is 0.433 e. The van der Waals surface area contributed by atoms with Crippen LogP contribution in [-0.4, -0.2) is 31.4 Å². The van der Waals surface area contributed by atoms with Gasteiger partial charge in [0.1, 0.15) is 5.69 Å². The highest BCUT2D eigenvalue weighted by atomic mass is 19.4. The summed E-state index contributed by atoms with van der Waals surface area (Å²) in [6, 6.07) is 9.84. The Bertz CT molecular complexity index is 1260. The summed E-state index contributed by atoms with van der Waals surface area (Å²) in [6.45, 7) is 1.35. The molecule has 31 heavy (non-hydrogen) atoms. The molecular weight excluding hydrogens is 417 g/mol. The summed E-state index contributed by atoms with van der Waals surface area (Å²) < 4.78 is 46.2. The van der Waals surface area contributed by atoms with Crippen molar-refractivity contribution in [2.75, 3.05) is 10.6 Å². The van der Waals surface area contributed by atoms with Gasteiger partial charge in [0, 0.05) is 18.3 Å². The maximum atomic E-state index is 13.5. The third-order valence-electron chi connectivity index (χ3n) is 4.04. The second-order valence-electron chi connectivity index (χ2n) is 6.36. The largest absolute Gasteiger partial charge is 0.463 e. The lowest BCUT2D eigenvalue weighted by Crippen LogP contribution is -2.16. The molecule has 4 aromatic rings. The van der Waals surface area contributed by atoms with Crippen molar-refractivity contribution < 1.29 is 27.2 Å². The van der Waals surface area contributed by atoms with Crippen molar-refractivity contribution >= 4 is 29.0 Å². The monoisotopic (exact) mass is 430 g/mol. The van der Waals surface area contributed by atoms with Crippen LogP contribution >= 0.6 is 0 Å². The molecule has 0 atom stereocenters. The number of fused-ring (bicyclic) bond motifs is 1. The van der Waals surface area contributed by atoms with Crippen molar-refractivity contribution in [2.24, 2.45) is 0 Å². The van der Waals surface area contributed by atoms with E-state index in [-0.39, 0.29) is 17.4 Å². The Kier molecular flexibility index (Phi) is 4.89. The van der Waals surface area contributed by atoms with Gasteiger partial charge in [0.2, 0.25) is 11.7 Å². The van der Waals surface area contributed by atoms with Crippen LogP contribution in [0.3, 0.4) is 0 Å². The first-order chi connectivity index (χ1) is 14.7. The van der Waals surface area contributed by atoms with E-state index < -0.39 is 29.4 Å². The van der Waals surface area contributed by atoms with Crippen LogP contribution < -0.4 is 10.6 Å². The Labute approximate surface area is 171 Å². The zero-order chi connectivity index (χ0) is 22.2. The third-order valence-corrected chi connectivity index (χ3v) is 4.04. The first-order valence-electron chi connectivity index (χ1n) is 8.78. The SMILES string of the molecule is CC(=O)Nc1ccc(NC(=O)c2nc3nc(-c4ccco4)cc(C(F)(F)F)n3n2)cc1. The predicted octanol–water partition coefficient (Wildman–Crippen LogP) is 3.61. The molecule has 9 nitrogen and oxygen atoms in total. The normalized spacial score (nSPS) is 11.5. The summed E-state index contributed by atoms with van der Waals surface area (Å²) in [4.78, 5) is 31.4.